The summed E-state index contributed by atoms with van der Waals surface area (Å²) in [6.07, 6.45) is 4.30. The zero-order valence-electron chi connectivity index (χ0n) is 11.3. The molecule has 0 unspecified atom stereocenters. The lowest BCUT2D eigenvalue weighted by Crippen LogP contribution is -2.50. The first-order valence-electron chi connectivity index (χ1n) is 6.77. The Hall–Kier alpha value is -1.59. The fourth-order valence-electron chi connectivity index (χ4n) is 2.52. The minimum absolute atomic E-state index is 0.0539. The molecule has 108 valence electrons. The second-order valence-corrected chi connectivity index (χ2v) is 5.13. The van der Waals surface area contributed by atoms with Gasteiger partial charge in [0.2, 0.25) is 11.8 Å². The van der Waals surface area contributed by atoms with Crippen LogP contribution in [0.25, 0.3) is 0 Å². The van der Waals surface area contributed by atoms with Gasteiger partial charge in [0, 0.05) is 6.42 Å². The molecule has 0 bridgehead atoms. The smallest absolute Gasteiger partial charge is 0.305 e. The van der Waals surface area contributed by atoms with E-state index in [2.05, 4.69) is 10.6 Å². The van der Waals surface area contributed by atoms with E-state index in [0.717, 1.165) is 19.3 Å². The first-order chi connectivity index (χ1) is 8.97. The van der Waals surface area contributed by atoms with Crippen LogP contribution in [-0.2, 0) is 14.4 Å². The van der Waals surface area contributed by atoms with Gasteiger partial charge in [0.1, 0.15) is 0 Å². The lowest BCUT2D eigenvalue weighted by Gasteiger charge is -2.28. The van der Waals surface area contributed by atoms with E-state index in [9.17, 15) is 14.4 Å². The fraction of sp³-hybridized carbons (Fsp3) is 0.769. The van der Waals surface area contributed by atoms with Crippen molar-refractivity contribution in [2.75, 3.05) is 6.54 Å². The molecular formula is C13H22N2O4. The quantitative estimate of drug-likeness (QED) is 0.638. The molecule has 0 aromatic rings. The molecule has 1 aliphatic carbocycles. The van der Waals surface area contributed by atoms with Crippen LogP contribution in [0.2, 0.25) is 0 Å². The van der Waals surface area contributed by atoms with E-state index in [1.165, 1.54) is 0 Å². The van der Waals surface area contributed by atoms with Crippen LogP contribution in [-0.4, -0.2) is 35.0 Å². The van der Waals surface area contributed by atoms with E-state index in [1.54, 1.807) is 0 Å². The molecule has 6 nitrogen and oxygen atoms in total. The summed E-state index contributed by atoms with van der Waals surface area (Å²) in [7, 11) is 0. The van der Waals surface area contributed by atoms with Crippen molar-refractivity contribution in [2.24, 2.45) is 0 Å². The molecule has 0 aliphatic heterocycles. The average molecular weight is 270 g/mol. The van der Waals surface area contributed by atoms with Crippen LogP contribution in [0.1, 0.15) is 51.9 Å². The lowest BCUT2D eigenvalue weighted by atomic mass is 9.93. The Balaban J connectivity index is 2.44. The topological polar surface area (TPSA) is 95.5 Å². The number of hydrogen-bond acceptors (Lipinski definition) is 3. The summed E-state index contributed by atoms with van der Waals surface area (Å²) in [6.45, 7) is 1.81. The molecule has 0 spiro atoms. The summed E-state index contributed by atoms with van der Waals surface area (Å²) in [5.41, 5.74) is -0.627. The Morgan fingerprint density at radius 2 is 1.79 bits per heavy atom. The normalized spacial score (nSPS) is 16.9. The maximum atomic E-state index is 11.8. The molecule has 1 aliphatic rings. The van der Waals surface area contributed by atoms with Crippen molar-refractivity contribution in [3.05, 3.63) is 0 Å². The van der Waals surface area contributed by atoms with Crippen LogP contribution >= 0.6 is 0 Å². The first-order valence-corrected chi connectivity index (χ1v) is 6.77. The van der Waals surface area contributed by atoms with Gasteiger partial charge in [0.05, 0.1) is 18.5 Å². The Morgan fingerprint density at radius 1 is 1.16 bits per heavy atom. The van der Waals surface area contributed by atoms with Crippen molar-refractivity contribution in [1.29, 1.82) is 0 Å². The minimum Gasteiger partial charge on any atom is -0.481 e. The minimum atomic E-state index is -0.905. The third kappa shape index (κ3) is 5.28. The Labute approximate surface area is 112 Å². The molecule has 19 heavy (non-hydrogen) atoms. The molecule has 1 rings (SSSR count). The van der Waals surface area contributed by atoms with Crippen LogP contribution < -0.4 is 10.6 Å². The maximum absolute atomic E-state index is 11.8. The zero-order valence-corrected chi connectivity index (χ0v) is 11.3. The highest BCUT2D eigenvalue weighted by Crippen LogP contribution is 2.32. The third-order valence-corrected chi connectivity index (χ3v) is 3.38. The molecule has 2 amide bonds. The summed E-state index contributed by atoms with van der Waals surface area (Å²) in [6, 6.07) is 0. The molecule has 0 aromatic heterocycles. The van der Waals surface area contributed by atoms with Crippen LogP contribution in [0.3, 0.4) is 0 Å². The number of amides is 2. The van der Waals surface area contributed by atoms with E-state index in [1.807, 2.05) is 6.92 Å². The van der Waals surface area contributed by atoms with Gasteiger partial charge >= 0.3 is 5.97 Å². The predicted molar refractivity (Wildman–Crippen MR) is 69.5 cm³/mol. The molecule has 1 fully saturated rings. The number of rotatable bonds is 7. The number of carbonyl (C=O) groups excluding carboxylic acids is 2. The van der Waals surface area contributed by atoms with Crippen molar-refractivity contribution >= 4 is 17.8 Å². The highest BCUT2D eigenvalue weighted by molar-refractivity contribution is 5.85. The van der Waals surface area contributed by atoms with Crippen LogP contribution in [0, 0.1) is 0 Å². The van der Waals surface area contributed by atoms with E-state index >= 15 is 0 Å². The summed E-state index contributed by atoms with van der Waals surface area (Å²) < 4.78 is 0. The van der Waals surface area contributed by atoms with Crippen LogP contribution in [0.4, 0.5) is 0 Å². The van der Waals surface area contributed by atoms with Gasteiger partial charge in [0.25, 0.3) is 0 Å². The average Bonchev–Trinajstić information content (AvgIpc) is 2.74. The molecule has 0 aromatic carbocycles. The van der Waals surface area contributed by atoms with Gasteiger partial charge in [-0.25, -0.2) is 0 Å². The van der Waals surface area contributed by atoms with Gasteiger partial charge < -0.3 is 15.7 Å². The lowest BCUT2D eigenvalue weighted by molar-refractivity contribution is -0.139. The van der Waals surface area contributed by atoms with Gasteiger partial charge in [-0.05, 0) is 19.3 Å². The predicted octanol–water partition coefficient (Wildman–Crippen LogP) is 0.806. The third-order valence-electron chi connectivity index (χ3n) is 3.38. The molecule has 0 heterocycles. The maximum Gasteiger partial charge on any atom is 0.305 e. The number of carboxylic acids is 1. The van der Waals surface area contributed by atoms with Gasteiger partial charge in [0.15, 0.2) is 0 Å². The van der Waals surface area contributed by atoms with Crippen LogP contribution in [0.5, 0.6) is 0 Å². The van der Waals surface area contributed by atoms with Gasteiger partial charge in [-0.3, -0.25) is 14.4 Å². The first kappa shape index (κ1) is 15.5. The summed E-state index contributed by atoms with van der Waals surface area (Å²) >= 11 is 0. The number of aliphatic carboxylic acids is 1. The van der Waals surface area contributed by atoms with E-state index in [4.69, 9.17) is 5.11 Å². The summed E-state index contributed by atoms with van der Waals surface area (Å²) in [4.78, 5) is 33.9. The zero-order chi connectivity index (χ0) is 14.3. The highest BCUT2D eigenvalue weighted by Gasteiger charge is 2.37. The van der Waals surface area contributed by atoms with Gasteiger partial charge in [-0.15, -0.1) is 0 Å². The molecule has 3 N–H and O–H groups in total. The number of carboxylic acid groups (broad SMARTS) is 1. The molecule has 0 saturated heterocycles. The van der Waals surface area contributed by atoms with Crippen LogP contribution in [0.15, 0.2) is 0 Å². The Bertz CT molecular complexity index is 349. The van der Waals surface area contributed by atoms with E-state index < -0.39 is 11.5 Å². The van der Waals surface area contributed by atoms with Crippen molar-refractivity contribution in [3.63, 3.8) is 0 Å². The number of hydrogen-bond donors (Lipinski definition) is 3. The molecule has 0 radical (unpaired) electrons. The molecule has 0 atom stereocenters. The van der Waals surface area contributed by atoms with Gasteiger partial charge in [-0.2, -0.15) is 0 Å². The molecular weight excluding hydrogens is 248 g/mol. The van der Waals surface area contributed by atoms with Crippen molar-refractivity contribution in [1.82, 2.24) is 10.6 Å². The monoisotopic (exact) mass is 270 g/mol. The van der Waals surface area contributed by atoms with E-state index in [0.29, 0.717) is 19.3 Å². The Morgan fingerprint density at radius 3 is 2.32 bits per heavy atom. The summed E-state index contributed by atoms with van der Waals surface area (Å²) in [5.74, 6) is -1.37. The molecule has 1 saturated carbocycles. The number of nitrogens with one attached hydrogen (secondary N) is 2. The highest BCUT2D eigenvalue weighted by atomic mass is 16.4. The molecule has 6 heteroatoms. The number of carbonyl (C=O) groups is 3. The van der Waals surface area contributed by atoms with Crippen molar-refractivity contribution in [2.45, 2.75) is 57.4 Å². The van der Waals surface area contributed by atoms with Crippen molar-refractivity contribution < 1.29 is 19.5 Å². The second-order valence-electron chi connectivity index (χ2n) is 5.13. The largest absolute Gasteiger partial charge is 0.481 e. The van der Waals surface area contributed by atoms with Gasteiger partial charge in [-0.1, -0.05) is 19.8 Å². The fourth-order valence-corrected chi connectivity index (χ4v) is 2.52. The van der Waals surface area contributed by atoms with E-state index in [-0.39, 0.29) is 24.8 Å². The second kappa shape index (κ2) is 7.11. The van der Waals surface area contributed by atoms with Crippen molar-refractivity contribution in [3.8, 4) is 0 Å². The standard InChI is InChI=1S/C13H22N2O4/c1-2-5-10(16)14-9-11(17)15-13(8-12(18)19)6-3-4-7-13/h2-9H2,1H3,(H,14,16)(H,15,17)(H,18,19). The summed E-state index contributed by atoms with van der Waals surface area (Å²) in [5, 5.41) is 14.2. The Kier molecular flexibility index (Phi) is 5.79. The SMILES string of the molecule is CCCC(=O)NCC(=O)NC1(CC(=O)O)CCCC1.